The topological polar surface area (TPSA) is 12.0 Å². The molecule has 1 N–H and O–H groups in total. The van der Waals surface area contributed by atoms with E-state index in [2.05, 4.69) is 57.3 Å². The Kier molecular flexibility index (Phi) is 4.83. The minimum atomic E-state index is 0.462. The molecule has 0 saturated carbocycles. The van der Waals surface area contributed by atoms with Crippen LogP contribution in [0.3, 0.4) is 0 Å². The van der Waals surface area contributed by atoms with E-state index < -0.39 is 0 Å². The van der Waals surface area contributed by atoms with Crippen molar-refractivity contribution in [1.29, 1.82) is 0 Å². The van der Waals surface area contributed by atoms with E-state index in [1.54, 1.807) is 0 Å². The molecule has 1 atom stereocenters. The molecule has 15 heavy (non-hydrogen) atoms. The van der Waals surface area contributed by atoms with Crippen LogP contribution in [0.25, 0.3) is 0 Å². The maximum Gasteiger partial charge on any atom is 0.0294 e. The molecule has 0 aliphatic heterocycles. The third-order valence-corrected chi connectivity index (χ3v) is 2.79. The Labute approximate surface area is 93.9 Å². The molecule has 1 rings (SSSR count). The first-order chi connectivity index (χ1) is 7.16. The Morgan fingerprint density at radius 3 is 2.20 bits per heavy atom. The molecule has 1 aromatic carbocycles. The summed E-state index contributed by atoms with van der Waals surface area (Å²) in [4.78, 5) is 0. The van der Waals surface area contributed by atoms with Crippen LogP contribution in [0.15, 0.2) is 24.3 Å². The van der Waals surface area contributed by atoms with E-state index in [0.717, 1.165) is 6.54 Å². The highest BCUT2D eigenvalue weighted by molar-refractivity contribution is 5.32. The van der Waals surface area contributed by atoms with Crippen LogP contribution in [0.1, 0.15) is 57.2 Å². The molecule has 0 saturated heterocycles. The molecule has 0 heterocycles. The van der Waals surface area contributed by atoms with Crippen LogP contribution < -0.4 is 5.32 Å². The van der Waals surface area contributed by atoms with Gasteiger partial charge in [0.2, 0.25) is 0 Å². The minimum Gasteiger partial charge on any atom is -0.310 e. The standard InChI is InChI=1S/C14H23N/c1-5-10-15-12(4)14-9-7-6-8-13(14)11(2)3/h6-9,11-12,15H,5,10H2,1-4H3. The van der Waals surface area contributed by atoms with E-state index >= 15 is 0 Å². The normalized spacial score (nSPS) is 13.1. The van der Waals surface area contributed by atoms with Crippen LogP contribution in [0.2, 0.25) is 0 Å². The van der Waals surface area contributed by atoms with Gasteiger partial charge >= 0.3 is 0 Å². The van der Waals surface area contributed by atoms with E-state index in [4.69, 9.17) is 0 Å². The monoisotopic (exact) mass is 205 g/mol. The molecular formula is C14H23N. The fourth-order valence-corrected chi connectivity index (χ4v) is 1.90. The van der Waals surface area contributed by atoms with Gasteiger partial charge in [-0.25, -0.2) is 0 Å². The summed E-state index contributed by atoms with van der Waals surface area (Å²) in [5, 5.41) is 3.54. The van der Waals surface area contributed by atoms with Gasteiger partial charge in [-0.3, -0.25) is 0 Å². The Morgan fingerprint density at radius 1 is 1.07 bits per heavy atom. The van der Waals surface area contributed by atoms with Crippen molar-refractivity contribution in [1.82, 2.24) is 5.32 Å². The first-order valence-electron chi connectivity index (χ1n) is 5.99. The van der Waals surface area contributed by atoms with Gasteiger partial charge in [0.25, 0.3) is 0 Å². The maximum absolute atomic E-state index is 3.54. The van der Waals surface area contributed by atoms with Crippen molar-refractivity contribution in [2.75, 3.05) is 6.54 Å². The summed E-state index contributed by atoms with van der Waals surface area (Å²) in [7, 11) is 0. The van der Waals surface area contributed by atoms with E-state index in [0.29, 0.717) is 12.0 Å². The van der Waals surface area contributed by atoms with Crippen LogP contribution in [0.5, 0.6) is 0 Å². The van der Waals surface area contributed by atoms with Gasteiger partial charge in [0.05, 0.1) is 0 Å². The lowest BCUT2D eigenvalue weighted by Crippen LogP contribution is -2.20. The highest BCUT2D eigenvalue weighted by atomic mass is 14.9. The number of nitrogens with one attached hydrogen (secondary N) is 1. The summed E-state index contributed by atoms with van der Waals surface area (Å²) in [5.74, 6) is 0.604. The summed E-state index contributed by atoms with van der Waals surface area (Å²) >= 11 is 0. The van der Waals surface area contributed by atoms with Gasteiger partial charge in [-0.15, -0.1) is 0 Å². The van der Waals surface area contributed by atoms with Gasteiger partial charge in [-0.05, 0) is 36.9 Å². The predicted molar refractivity (Wildman–Crippen MR) is 67.2 cm³/mol. The molecular weight excluding hydrogens is 182 g/mol. The molecule has 84 valence electrons. The van der Waals surface area contributed by atoms with Gasteiger partial charge in [-0.2, -0.15) is 0 Å². The number of benzene rings is 1. The second-order valence-corrected chi connectivity index (χ2v) is 4.46. The molecule has 0 aliphatic carbocycles. The maximum atomic E-state index is 3.54. The summed E-state index contributed by atoms with van der Waals surface area (Å²) in [6, 6.07) is 9.20. The highest BCUT2D eigenvalue weighted by Gasteiger charge is 2.10. The second-order valence-electron chi connectivity index (χ2n) is 4.46. The van der Waals surface area contributed by atoms with E-state index in [1.807, 2.05) is 0 Å². The van der Waals surface area contributed by atoms with E-state index in [-0.39, 0.29) is 0 Å². The van der Waals surface area contributed by atoms with Crippen molar-refractivity contribution in [3.8, 4) is 0 Å². The van der Waals surface area contributed by atoms with Crippen molar-refractivity contribution < 1.29 is 0 Å². The molecule has 1 nitrogen and oxygen atoms in total. The third kappa shape index (κ3) is 3.35. The largest absolute Gasteiger partial charge is 0.310 e. The molecule has 0 amide bonds. The molecule has 0 aliphatic rings. The second kappa shape index (κ2) is 5.92. The van der Waals surface area contributed by atoms with Crippen molar-refractivity contribution in [2.24, 2.45) is 0 Å². The SMILES string of the molecule is CCCNC(C)c1ccccc1C(C)C. The van der Waals surface area contributed by atoms with Crippen LogP contribution in [0.4, 0.5) is 0 Å². The summed E-state index contributed by atoms with van der Waals surface area (Å²) < 4.78 is 0. The van der Waals surface area contributed by atoms with Crippen molar-refractivity contribution in [3.05, 3.63) is 35.4 Å². The van der Waals surface area contributed by atoms with Crippen LogP contribution in [-0.4, -0.2) is 6.54 Å². The predicted octanol–water partition coefficient (Wildman–Crippen LogP) is 3.87. The van der Waals surface area contributed by atoms with Crippen LogP contribution in [-0.2, 0) is 0 Å². The smallest absolute Gasteiger partial charge is 0.0294 e. The average molecular weight is 205 g/mol. The lowest BCUT2D eigenvalue weighted by atomic mass is 9.93. The summed E-state index contributed by atoms with van der Waals surface area (Å²) in [6.45, 7) is 10.1. The zero-order chi connectivity index (χ0) is 11.3. The summed E-state index contributed by atoms with van der Waals surface area (Å²) in [5.41, 5.74) is 2.91. The third-order valence-electron chi connectivity index (χ3n) is 2.79. The van der Waals surface area contributed by atoms with Gasteiger partial charge in [-0.1, -0.05) is 45.0 Å². The number of hydrogen-bond acceptors (Lipinski definition) is 1. The Bertz CT molecular complexity index is 291. The molecule has 1 aromatic rings. The van der Waals surface area contributed by atoms with Gasteiger partial charge < -0.3 is 5.32 Å². The fraction of sp³-hybridized carbons (Fsp3) is 0.571. The first kappa shape index (κ1) is 12.3. The van der Waals surface area contributed by atoms with Crippen molar-refractivity contribution in [3.63, 3.8) is 0 Å². The lowest BCUT2D eigenvalue weighted by molar-refractivity contribution is 0.563. The highest BCUT2D eigenvalue weighted by Crippen LogP contribution is 2.24. The zero-order valence-electron chi connectivity index (χ0n) is 10.4. The Morgan fingerprint density at radius 2 is 1.67 bits per heavy atom. The summed E-state index contributed by atoms with van der Waals surface area (Å²) in [6.07, 6.45) is 1.19. The molecule has 1 unspecified atom stereocenters. The van der Waals surface area contributed by atoms with E-state index in [9.17, 15) is 0 Å². The van der Waals surface area contributed by atoms with Crippen LogP contribution >= 0.6 is 0 Å². The molecule has 0 radical (unpaired) electrons. The Balaban J connectivity index is 2.82. The van der Waals surface area contributed by atoms with Gasteiger partial charge in [0.1, 0.15) is 0 Å². The zero-order valence-corrected chi connectivity index (χ0v) is 10.4. The molecule has 0 bridgehead atoms. The first-order valence-corrected chi connectivity index (χ1v) is 5.99. The Hall–Kier alpha value is -0.820. The number of hydrogen-bond donors (Lipinski definition) is 1. The lowest BCUT2D eigenvalue weighted by Gasteiger charge is -2.19. The quantitative estimate of drug-likeness (QED) is 0.769. The fourth-order valence-electron chi connectivity index (χ4n) is 1.90. The molecule has 0 spiro atoms. The number of rotatable bonds is 5. The molecule has 1 heteroatoms. The molecule has 0 aromatic heterocycles. The van der Waals surface area contributed by atoms with Crippen LogP contribution in [0, 0.1) is 0 Å². The van der Waals surface area contributed by atoms with Crippen molar-refractivity contribution in [2.45, 2.75) is 46.1 Å². The van der Waals surface area contributed by atoms with E-state index in [1.165, 1.54) is 17.5 Å². The molecule has 0 fully saturated rings. The van der Waals surface area contributed by atoms with Crippen molar-refractivity contribution >= 4 is 0 Å². The minimum absolute atomic E-state index is 0.462. The van der Waals surface area contributed by atoms with Gasteiger partial charge in [0, 0.05) is 6.04 Å². The van der Waals surface area contributed by atoms with Gasteiger partial charge in [0.15, 0.2) is 0 Å². The average Bonchev–Trinajstić information content (AvgIpc) is 2.25.